The van der Waals surface area contributed by atoms with Crippen LogP contribution in [0.15, 0.2) is 24.3 Å². The van der Waals surface area contributed by atoms with Crippen molar-refractivity contribution < 1.29 is 9.53 Å². The van der Waals surface area contributed by atoms with Gasteiger partial charge in [-0.15, -0.1) is 0 Å². The SMILES string of the molecule is CC(=O)c1ccc(C2CN(CCBr)CCO2)cc1. The molecule has 1 fully saturated rings. The van der Waals surface area contributed by atoms with Gasteiger partial charge < -0.3 is 4.74 Å². The molecule has 0 saturated carbocycles. The van der Waals surface area contributed by atoms with Crippen LogP contribution < -0.4 is 0 Å². The molecule has 0 aliphatic carbocycles. The third kappa shape index (κ3) is 3.40. The van der Waals surface area contributed by atoms with Crippen molar-refractivity contribution in [2.45, 2.75) is 13.0 Å². The molecule has 98 valence electrons. The van der Waals surface area contributed by atoms with E-state index in [0.717, 1.165) is 42.7 Å². The predicted octanol–water partition coefficient (Wildman–Crippen LogP) is 2.66. The number of rotatable bonds is 4. The first-order valence-electron chi connectivity index (χ1n) is 6.21. The maximum Gasteiger partial charge on any atom is 0.159 e. The van der Waals surface area contributed by atoms with Crippen LogP contribution in [0.1, 0.15) is 28.9 Å². The molecule has 0 spiro atoms. The van der Waals surface area contributed by atoms with Crippen molar-refractivity contribution >= 4 is 21.7 Å². The number of carbonyl (C=O) groups is 1. The average Bonchev–Trinajstić information content (AvgIpc) is 2.39. The highest BCUT2D eigenvalue weighted by Gasteiger charge is 2.21. The normalized spacial score (nSPS) is 20.9. The highest BCUT2D eigenvalue weighted by Crippen LogP contribution is 2.22. The van der Waals surface area contributed by atoms with Crippen molar-refractivity contribution in [3.05, 3.63) is 35.4 Å². The Labute approximate surface area is 116 Å². The summed E-state index contributed by atoms with van der Waals surface area (Å²) in [6, 6.07) is 7.76. The highest BCUT2D eigenvalue weighted by atomic mass is 79.9. The van der Waals surface area contributed by atoms with Gasteiger partial charge in [-0.05, 0) is 12.5 Å². The summed E-state index contributed by atoms with van der Waals surface area (Å²) in [4.78, 5) is 13.6. The minimum atomic E-state index is 0.104. The Morgan fingerprint density at radius 3 is 2.78 bits per heavy atom. The van der Waals surface area contributed by atoms with E-state index in [1.807, 2.05) is 24.3 Å². The minimum Gasteiger partial charge on any atom is -0.371 e. The van der Waals surface area contributed by atoms with Crippen molar-refractivity contribution in [2.24, 2.45) is 0 Å². The molecular weight excluding hydrogens is 294 g/mol. The number of hydrogen-bond donors (Lipinski definition) is 0. The summed E-state index contributed by atoms with van der Waals surface area (Å²) in [7, 11) is 0. The topological polar surface area (TPSA) is 29.5 Å². The summed E-state index contributed by atoms with van der Waals surface area (Å²) < 4.78 is 5.80. The maximum absolute atomic E-state index is 11.2. The molecule has 3 nitrogen and oxygen atoms in total. The van der Waals surface area contributed by atoms with Crippen molar-refractivity contribution in [1.82, 2.24) is 4.90 Å². The molecule has 0 amide bonds. The second-order valence-corrected chi connectivity index (χ2v) is 5.32. The van der Waals surface area contributed by atoms with Gasteiger partial charge in [-0.1, -0.05) is 40.2 Å². The lowest BCUT2D eigenvalue weighted by Crippen LogP contribution is -2.39. The Morgan fingerprint density at radius 2 is 2.17 bits per heavy atom. The summed E-state index contributed by atoms with van der Waals surface area (Å²) in [6.07, 6.45) is 0.124. The lowest BCUT2D eigenvalue weighted by Gasteiger charge is -2.32. The molecular formula is C14H18BrNO2. The van der Waals surface area contributed by atoms with Crippen LogP contribution in [0.3, 0.4) is 0 Å². The first-order chi connectivity index (χ1) is 8.70. The van der Waals surface area contributed by atoms with Gasteiger partial charge in [0.15, 0.2) is 5.78 Å². The number of benzene rings is 1. The molecule has 1 saturated heterocycles. The molecule has 1 aliphatic rings. The first kappa shape index (κ1) is 13.7. The Kier molecular flexibility index (Phi) is 4.92. The van der Waals surface area contributed by atoms with Gasteiger partial charge in [0.1, 0.15) is 0 Å². The van der Waals surface area contributed by atoms with Crippen molar-refractivity contribution in [3.63, 3.8) is 0 Å². The lowest BCUT2D eigenvalue weighted by molar-refractivity contribution is -0.0277. The van der Waals surface area contributed by atoms with Gasteiger partial charge in [0.05, 0.1) is 12.7 Å². The van der Waals surface area contributed by atoms with Crippen LogP contribution in [0.5, 0.6) is 0 Å². The summed E-state index contributed by atoms with van der Waals surface area (Å²) in [6.45, 7) is 5.32. The van der Waals surface area contributed by atoms with E-state index in [9.17, 15) is 4.79 Å². The van der Waals surface area contributed by atoms with Gasteiger partial charge in [0.25, 0.3) is 0 Å². The van der Waals surface area contributed by atoms with Crippen LogP contribution >= 0.6 is 15.9 Å². The number of alkyl halides is 1. The van der Waals surface area contributed by atoms with Crippen molar-refractivity contribution in [3.8, 4) is 0 Å². The minimum absolute atomic E-state index is 0.104. The van der Waals surface area contributed by atoms with Gasteiger partial charge in [-0.3, -0.25) is 9.69 Å². The molecule has 0 bridgehead atoms. The van der Waals surface area contributed by atoms with Crippen molar-refractivity contribution in [2.75, 3.05) is 31.6 Å². The number of ether oxygens (including phenoxy) is 1. The molecule has 18 heavy (non-hydrogen) atoms. The van der Waals surface area contributed by atoms with E-state index in [-0.39, 0.29) is 11.9 Å². The van der Waals surface area contributed by atoms with Crippen LogP contribution in [-0.2, 0) is 4.74 Å². The largest absolute Gasteiger partial charge is 0.371 e. The van der Waals surface area contributed by atoms with Gasteiger partial charge in [0, 0.05) is 30.5 Å². The van der Waals surface area contributed by atoms with E-state index in [1.54, 1.807) is 6.92 Å². The molecule has 1 aromatic rings. The molecule has 4 heteroatoms. The van der Waals surface area contributed by atoms with E-state index < -0.39 is 0 Å². The Balaban J connectivity index is 2.04. The fourth-order valence-electron chi connectivity index (χ4n) is 2.16. The number of hydrogen-bond acceptors (Lipinski definition) is 3. The Morgan fingerprint density at radius 1 is 1.44 bits per heavy atom. The van der Waals surface area contributed by atoms with E-state index in [2.05, 4.69) is 20.8 Å². The Hall–Kier alpha value is -0.710. The van der Waals surface area contributed by atoms with E-state index in [1.165, 1.54) is 0 Å². The van der Waals surface area contributed by atoms with E-state index in [4.69, 9.17) is 4.74 Å². The predicted molar refractivity (Wildman–Crippen MR) is 75.4 cm³/mol. The second-order valence-electron chi connectivity index (χ2n) is 4.53. The lowest BCUT2D eigenvalue weighted by atomic mass is 10.0. The fraction of sp³-hybridized carbons (Fsp3) is 0.500. The zero-order chi connectivity index (χ0) is 13.0. The van der Waals surface area contributed by atoms with Gasteiger partial charge in [-0.25, -0.2) is 0 Å². The molecule has 1 unspecified atom stereocenters. The van der Waals surface area contributed by atoms with Crippen molar-refractivity contribution in [1.29, 1.82) is 0 Å². The number of halogens is 1. The van der Waals surface area contributed by atoms with Gasteiger partial charge in [0.2, 0.25) is 0 Å². The molecule has 2 rings (SSSR count). The molecule has 1 atom stereocenters. The number of carbonyl (C=O) groups excluding carboxylic acids is 1. The second kappa shape index (κ2) is 6.45. The molecule has 1 heterocycles. The quantitative estimate of drug-likeness (QED) is 0.632. The number of nitrogens with zero attached hydrogens (tertiary/aromatic N) is 1. The van der Waals surface area contributed by atoms with Gasteiger partial charge >= 0.3 is 0 Å². The third-order valence-electron chi connectivity index (χ3n) is 3.24. The number of ketones is 1. The van der Waals surface area contributed by atoms with Gasteiger partial charge in [-0.2, -0.15) is 0 Å². The van der Waals surface area contributed by atoms with Crippen LogP contribution in [0.4, 0.5) is 0 Å². The molecule has 1 aromatic carbocycles. The highest BCUT2D eigenvalue weighted by molar-refractivity contribution is 9.09. The van der Waals surface area contributed by atoms with E-state index >= 15 is 0 Å². The number of Topliss-reactive ketones (excluding diaryl/α,β-unsaturated/α-hetero) is 1. The molecule has 0 N–H and O–H groups in total. The summed E-state index contributed by atoms with van der Waals surface area (Å²) in [5, 5.41) is 0.989. The van der Waals surface area contributed by atoms with Crippen LogP contribution in [0.25, 0.3) is 0 Å². The van der Waals surface area contributed by atoms with E-state index in [0.29, 0.717) is 0 Å². The zero-order valence-electron chi connectivity index (χ0n) is 10.6. The summed E-state index contributed by atoms with van der Waals surface area (Å²) in [5.74, 6) is 0.104. The standard InChI is InChI=1S/C14H18BrNO2/c1-11(17)12-2-4-13(5-3-12)14-10-16(7-6-15)8-9-18-14/h2-5,14H,6-10H2,1H3. The fourth-order valence-corrected chi connectivity index (χ4v) is 2.66. The molecule has 0 aromatic heterocycles. The monoisotopic (exact) mass is 311 g/mol. The summed E-state index contributed by atoms with van der Waals surface area (Å²) in [5.41, 5.74) is 1.91. The van der Waals surface area contributed by atoms with Crippen LogP contribution in [0, 0.1) is 0 Å². The van der Waals surface area contributed by atoms with Crippen LogP contribution in [0.2, 0.25) is 0 Å². The maximum atomic E-state index is 11.2. The molecule has 0 radical (unpaired) electrons. The average molecular weight is 312 g/mol. The first-order valence-corrected chi connectivity index (χ1v) is 7.33. The Bertz CT molecular complexity index is 403. The molecule has 1 aliphatic heterocycles. The zero-order valence-corrected chi connectivity index (χ0v) is 12.1. The number of morpholine rings is 1. The third-order valence-corrected chi connectivity index (χ3v) is 3.59. The van der Waals surface area contributed by atoms with Crippen LogP contribution in [-0.4, -0.2) is 42.3 Å². The smallest absolute Gasteiger partial charge is 0.159 e. The summed E-state index contributed by atoms with van der Waals surface area (Å²) >= 11 is 3.47.